The smallest absolute Gasteiger partial charge is 0.411 e. The number of amides is 2. The summed E-state index contributed by atoms with van der Waals surface area (Å²) in [6.45, 7) is 10.4. The van der Waals surface area contributed by atoms with E-state index in [1.807, 2.05) is 18.7 Å². The minimum Gasteiger partial charge on any atom is -0.450 e. The largest absolute Gasteiger partial charge is 0.450 e. The Kier molecular flexibility index (Phi) is 13.3. The molecule has 2 amide bonds. The van der Waals surface area contributed by atoms with Crippen LogP contribution in [-0.2, 0) is 9.53 Å². The van der Waals surface area contributed by atoms with Crippen LogP contribution in [0.5, 0.6) is 0 Å². The molecule has 1 saturated heterocycles. The monoisotopic (exact) mass is 479 g/mol. The number of rotatable bonds is 8. The second-order valence-electron chi connectivity index (χ2n) is 8.43. The summed E-state index contributed by atoms with van der Waals surface area (Å²) in [4.78, 5) is 27.2. The molecule has 8 heteroatoms. The summed E-state index contributed by atoms with van der Waals surface area (Å²) in [6, 6.07) is 4.74. The highest BCUT2D eigenvalue weighted by molar-refractivity contribution is 5.84. The van der Waals surface area contributed by atoms with Gasteiger partial charge in [0.1, 0.15) is 5.82 Å². The molecule has 2 aliphatic rings. The molecule has 3 rings (SSSR count). The van der Waals surface area contributed by atoms with E-state index in [0.29, 0.717) is 17.3 Å². The number of nitrogens with zero attached hydrogens (tertiary/aromatic N) is 2. The summed E-state index contributed by atoms with van der Waals surface area (Å²) in [7, 11) is 1.00. The molecule has 2 N–H and O–H groups in total. The molecule has 1 fully saturated rings. The minimum absolute atomic E-state index is 0.107. The molecule has 0 aromatic heterocycles. The van der Waals surface area contributed by atoms with Gasteiger partial charge in [-0.25, -0.2) is 9.18 Å². The molecule has 7 nitrogen and oxygen atoms in total. The van der Waals surface area contributed by atoms with Crippen LogP contribution >= 0.6 is 0 Å². The maximum absolute atomic E-state index is 14.7. The van der Waals surface area contributed by atoms with Gasteiger partial charge in [0.25, 0.3) is 0 Å². The average Bonchev–Trinajstić information content (AvgIpc) is 3.29. The lowest BCUT2D eigenvalue weighted by atomic mass is 9.92. The Hall–Kier alpha value is -2.61. The van der Waals surface area contributed by atoms with Gasteiger partial charge in [-0.2, -0.15) is 0 Å². The molecule has 0 unspecified atom stereocenters. The number of aliphatic hydroxyl groups excluding tert-OH is 1. The van der Waals surface area contributed by atoms with Crippen molar-refractivity contribution in [3.05, 3.63) is 36.2 Å². The van der Waals surface area contributed by atoms with E-state index in [-0.39, 0.29) is 18.0 Å². The predicted molar refractivity (Wildman–Crippen MR) is 136 cm³/mol. The first-order valence-electron chi connectivity index (χ1n) is 12.2. The van der Waals surface area contributed by atoms with Gasteiger partial charge in [-0.3, -0.25) is 10.1 Å². The zero-order valence-corrected chi connectivity index (χ0v) is 21.3. The lowest BCUT2D eigenvalue weighted by molar-refractivity contribution is -0.123. The van der Waals surface area contributed by atoms with Crippen LogP contribution in [0.3, 0.4) is 0 Å². The van der Waals surface area contributed by atoms with E-state index < -0.39 is 6.09 Å². The number of anilines is 2. The molecular formula is C26H42FN3O4. The van der Waals surface area contributed by atoms with Gasteiger partial charge in [0, 0.05) is 38.0 Å². The van der Waals surface area contributed by atoms with E-state index in [4.69, 9.17) is 9.84 Å². The number of hydrogen-bond donors (Lipinski definition) is 2. The van der Waals surface area contributed by atoms with Crippen molar-refractivity contribution in [2.75, 3.05) is 43.6 Å². The summed E-state index contributed by atoms with van der Waals surface area (Å²) in [5.74, 6) is 0.0555. The Balaban J connectivity index is 0.00000137. The standard InChI is InChI=1S/C23H32FN3O3.C2H6.CH4O/c1-3-30-22(29)25-19-8-9-21(20(24)15-19)26-13-6-7-18(16-26)10-14-27(17-28)23(2)11-4-5-12-23;2*1-2/h4-5,8-9,15,17-18H,3,6-7,10-14,16H2,1-2H3,(H,25,29);1-2H3;2H,1H3/t18-;;/m0../s1. The zero-order valence-electron chi connectivity index (χ0n) is 21.3. The third-order valence-electron chi connectivity index (χ3n) is 6.21. The molecule has 0 spiro atoms. The number of aliphatic hydroxyl groups is 1. The molecule has 1 aromatic carbocycles. The quantitative estimate of drug-likeness (QED) is 0.395. The number of ether oxygens (including phenoxy) is 1. The van der Waals surface area contributed by atoms with Crippen molar-refractivity contribution in [2.45, 2.75) is 65.3 Å². The highest BCUT2D eigenvalue weighted by Gasteiger charge is 2.32. The molecular weight excluding hydrogens is 437 g/mol. The van der Waals surface area contributed by atoms with E-state index in [0.717, 1.165) is 65.3 Å². The molecule has 1 atom stereocenters. The van der Waals surface area contributed by atoms with Crippen molar-refractivity contribution in [3.8, 4) is 0 Å². The highest BCUT2D eigenvalue weighted by Crippen LogP contribution is 2.32. The van der Waals surface area contributed by atoms with E-state index in [1.165, 1.54) is 6.07 Å². The molecule has 192 valence electrons. The molecule has 0 radical (unpaired) electrons. The Morgan fingerprint density at radius 3 is 2.59 bits per heavy atom. The van der Waals surface area contributed by atoms with Crippen molar-refractivity contribution in [2.24, 2.45) is 5.92 Å². The molecule has 0 bridgehead atoms. The van der Waals surface area contributed by atoms with Gasteiger partial charge in [0.2, 0.25) is 6.41 Å². The van der Waals surface area contributed by atoms with Crippen molar-refractivity contribution in [1.29, 1.82) is 0 Å². The maximum atomic E-state index is 14.7. The molecule has 1 aromatic rings. The van der Waals surface area contributed by atoms with Gasteiger partial charge in [-0.1, -0.05) is 26.0 Å². The number of nitrogens with one attached hydrogen (secondary N) is 1. The SMILES string of the molecule is CC.CCOC(=O)Nc1ccc(N2CCC[C@@H](CCN(C=O)C3(C)CC=CC3)C2)c(F)c1.CO. The molecule has 1 aliphatic carbocycles. The minimum atomic E-state index is -0.589. The maximum Gasteiger partial charge on any atom is 0.411 e. The third kappa shape index (κ3) is 8.31. The van der Waals surface area contributed by atoms with E-state index in [1.54, 1.807) is 19.1 Å². The Bertz CT molecular complexity index is 779. The molecule has 1 heterocycles. The summed E-state index contributed by atoms with van der Waals surface area (Å²) in [5, 5.41) is 9.53. The second-order valence-corrected chi connectivity index (χ2v) is 8.43. The Morgan fingerprint density at radius 1 is 1.32 bits per heavy atom. The fourth-order valence-corrected chi connectivity index (χ4v) is 4.41. The van der Waals surface area contributed by atoms with E-state index in [9.17, 15) is 14.0 Å². The first kappa shape index (κ1) is 29.4. The lowest BCUT2D eigenvalue weighted by Gasteiger charge is -2.39. The topological polar surface area (TPSA) is 82.1 Å². The van der Waals surface area contributed by atoms with Gasteiger partial charge in [-0.15, -0.1) is 0 Å². The van der Waals surface area contributed by atoms with Crippen molar-refractivity contribution in [1.82, 2.24) is 4.90 Å². The van der Waals surface area contributed by atoms with Crippen LogP contribution in [-0.4, -0.2) is 61.4 Å². The van der Waals surface area contributed by atoms with Crippen LogP contribution in [0.25, 0.3) is 0 Å². The van der Waals surface area contributed by atoms with Crippen LogP contribution in [0.15, 0.2) is 30.4 Å². The van der Waals surface area contributed by atoms with Crippen LogP contribution in [0, 0.1) is 11.7 Å². The van der Waals surface area contributed by atoms with E-state index in [2.05, 4.69) is 29.3 Å². The van der Waals surface area contributed by atoms with E-state index >= 15 is 0 Å². The summed E-state index contributed by atoms with van der Waals surface area (Å²) in [5.41, 5.74) is 0.820. The van der Waals surface area contributed by atoms with Gasteiger partial charge < -0.3 is 19.6 Å². The number of carbonyl (C=O) groups excluding carboxylic acids is 2. The van der Waals surface area contributed by atoms with Gasteiger partial charge >= 0.3 is 6.09 Å². The number of hydrogen-bond acceptors (Lipinski definition) is 5. The van der Waals surface area contributed by atoms with Crippen LogP contribution < -0.4 is 10.2 Å². The summed E-state index contributed by atoms with van der Waals surface area (Å²) >= 11 is 0. The lowest BCUT2D eigenvalue weighted by Crippen LogP contribution is -2.45. The van der Waals surface area contributed by atoms with Crippen LogP contribution in [0.4, 0.5) is 20.6 Å². The third-order valence-corrected chi connectivity index (χ3v) is 6.21. The van der Waals surface area contributed by atoms with Crippen LogP contribution in [0.1, 0.15) is 59.8 Å². The molecule has 1 aliphatic heterocycles. The molecule has 34 heavy (non-hydrogen) atoms. The predicted octanol–water partition coefficient (Wildman–Crippen LogP) is 5.20. The van der Waals surface area contributed by atoms with Crippen LogP contribution in [0.2, 0.25) is 0 Å². The van der Waals surface area contributed by atoms with Gasteiger partial charge in [-0.05, 0) is 70.1 Å². The molecule has 0 saturated carbocycles. The second kappa shape index (κ2) is 15.3. The Labute approximate surface area is 204 Å². The highest BCUT2D eigenvalue weighted by atomic mass is 19.1. The number of carbonyl (C=O) groups is 2. The van der Waals surface area contributed by atoms with Crippen molar-refractivity contribution < 1.29 is 23.8 Å². The Morgan fingerprint density at radius 2 is 2.00 bits per heavy atom. The average molecular weight is 480 g/mol. The first-order valence-corrected chi connectivity index (χ1v) is 12.2. The van der Waals surface area contributed by atoms with Crippen molar-refractivity contribution in [3.63, 3.8) is 0 Å². The fourth-order valence-electron chi connectivity index (χ4n) is 4.41. The summed E-state index contributed by atoms with van der Waals surface area (Å²) in [6.07, 6.45) is 9.46. The van der Waals surface area contributed by atoms with Gasteiger partial charge in [0.05, 0.1) is 12.3 Å². The van der Waals surface area contributed by atoms with Gasteiger partial charge in [0.15, 0.2) is 0 Å². The summed E-state index contributed by atoms with van der Waals surface area (Å²) < 4.78 is 19.6. The normalized spacial score (nSPS) is 18.1. The number of piperidine rings is 1. The number of benzene rings is 1. The number of halogens is 1. The zero-order chi connectivity index (χ0) is 25.6. The van der Waals surface area contributed by atoms with Crippen molar-refractivity contribution >= 4 is 23.9 Å². The first-order chi connectivity index (χ1) is 16.4. The fraction of sp³-hybridized carbons (Fsp3) is 0.615.